The highest BCUT2D eigenvalue weighted by Gasteiger charge is 2.32. The molecule has 0 saturated heterocycles. The SMILES string of the molecule is COc1cccc(CC(=O)C(C)C2CC2)c1F. The molecule has 1 aliphatic carbocycles. The second-order valence-corrected chi connectivity index (χ2v) is 4.70. The number of ether oxygens (including phenoxy) is 1. The summed E-state index contributed by atoms with van der Waals surface area (Å²) in [5.41, 5.74) is 0.432. The van der Waals surface area contributed by atoms with Crippen LogP contribution < -0.4 is 4.74 Å². The molecular formula is C14H17FO2. The first-order valence-electron chi connectivity index (χ1n) is 5.97. The Kier molecular flexibility index (Phi) is 3.46. The largest absolute Gasteiger partial charge is 0.494 e. The van der Waals surface area contributed by atoms with Gasteiger partial charge in [0.2, 0.25) is 0 Å². The molecule has 0 bridgehead atoms. The molecule has 0 aromatic heterocycles. The van der Waals surface area contributed by atoms with E-state index in [0.717, 1.165) is 12.8 Å². The number of methoxy groups -OCH3 is 1. The quantitative estimate of drug-likeness (QED) is 0.785. The highest BCUT2D eigenvalue weighted by Crippen LogP contribution is 2.37. The van der Waals surface area contributed by atoms with Crippen LogP contribution >= 0.6 is 0 Å². The Balaban J connectivity index is 2.09. The Labute approximate surface area is 101 Å². The number of rotatable bonds is 5. The van der Waals surface area contributed by atoms with Crippen LogP contribution in [0.15, 0.2) is 18.2 Å². The van der Waals surface area contributed by atoms with Crippen molar-refractivity contribution in [1.82, 2.24) is 0 Å². The molecule has 2 rings (SSSR count). The summed E-state index contributed by atoms with van der Waals surface area (Å²) >= 11 is 0. The van der Waals surface area contributed by atoms with Crippen molar-refractivity contribution in [2.75, 3.05) is 7.11 Å². The standard InChI is InChI=1S/C14H17FO2/c1-9(10-6-7-10)12(16)8-11-4-3-5-13(17-2)14(11)15/h3-5,9-10H,6-8H2,1-2H3. The first kappa shape index (κ1) is 12.1. The zero-order chi connectivity index (χ0) is 12.4. The van der Waals surface area contributed by atoms with Crippen molar-refractivity contribution in [2.24, 2.45) is 11.8 Å². The molecule has 2 nitrogen and oxygen atoms in total. The molecule has 92 valence electrons. The molecule has 0 N–H and O–H groups in total. The Morgan fingerprint density at radius 3 is 2.82 bits per heavy atom. The van der Waals surface area contributed by atoms with Crippen LogP contribution in [0.5, 0.6) is 5.75 Å². The fourth-order valence-electron chi connectivity index (χ4n) is 2.06. The predicted octanol–water partition coefficient (Wildman–Crippen LogP) is 2.99. The maximum Gasteiger partial charge on any atom is 0.168 e. The molecule has 17 heavy (non-hydrogen) atoms. The highest BCUT2D eigenvalue weighted by molar-refractivity contribution is 5.83. The van der Waals surface area contributed by atoms with Gasteiger partial charge in [-0.05, 0) is 30.4 Å². The fourth-order valence-corrected chi connectivity index (χ4v) is 2.06. The van der Waals surface area contributed by atoms with Gasteiger partial charge in [-0.25, -0.2) is 4.39 Å². The number of Topliss-reactive ketones (excluding diaryl/α,β-unsaturated/α-hetero) is 1. The lowest BCUT2D eigenvalue weighted by molar-refractivity contribution is -0.122. The van der Waals surface area contributed by atoms with Gasteiger partial charge in [0, 0.05) is 12.3 Å². The van der Waals surface area contributed by atoms with E-state index >= 15 is 0 Å². The van der Waals surface area contributed by atoms with Crippen molar-refractivity contribution >= 4 is 5.78 Å². The van der Waals surface area contributed by atoms with Crippen molar-refractivity contribution in [2.45, 2.75) is 26.2 Å². The second-order valence-electron chi connectivity index (χ2n) is 4.70. The molecule has 1 aromatic rings. The number of hydrogen-bond acceptors (Lipinski definition) is 2. The lowest BCUT2D eigenvalue weighted by atomic mass is 9.95. The maximum absolute atomic E-state index is 13.8. The van der Waals surface area contributed by atoms with Crippen molar-refractivity contribution in [3.63, 3.8) is 0 Å². The van der Waals surface area contributed by atoms with E-state index in [2.05, 4.69) is 0 Å². The number of benzene rings is 1. The number of halogens is 1. The molecule has 1 atom stereocenters. The van der Waals surface area contributed by atoms with E-state index in [9.17, 15) is 9.18 Å². The van der Waals surface area contributed by atoms with Crippen LogP contribution in [0.25, 0.3) is 0 Å². The average molecular weight is 236 g/mol. The molecule has 0 heterocycles. The van der Waals surface area contributed by atoms with Crippen LogP contribution in [0.2, 0.25) is 0 Å². The van der Waals surface area contributed by atoms with Gasteiger partial charge in [0.25, 0.3) is 0 Å². The van der Waals surface area contributed by atoms with Crippen LogP contribution in [0.4, 0.5) is 4.39 Å². The van der Waals surface area contributed by atoms with Gasteiger partial charge in [-0.2, -0.15) is 0 Å². The zero-order valence-electron chi connectivity index (χ0n) is 10.2. The Hall–Kier alpha value is -1.38. The smallest absolute Gasteiger partial charge is 0.168 e. The van der Waals surface area contributed by atoms with Gasteiger partial charge in [0.05, 0.1) is 7.11 Å². The van der Waals surface area contributed by atoms with Gasteiger partial charge in [0.1, 0.15) is 5.78 Å². The summed E-state index contributed by atoms with van der Waals surface area (Å²) in [6.07, 6.45) is 2.43. The van der Waals surface area contributed by atoms with E-state index < -0.39 is 5.82 Å². The molecule has 0 aliphatic heterocycles. The van der Waals surface area contributed by atoms with Crippen LogP contribution in [0, 0.1) is 17.7 Å². The number of hydrogen-bond donors (Lipinski definition) is 0. The summed E-state index contributed by atoms with van der Waals surface area (Å²) in [5.74, 6) is 0.497. The fraction of sp³-hybridized carbons (Fsp3) is 0.500. The monoisotopic (exact) mass is 236 g/mol. The molecule has 0 radical (unpaired) electrons. The molecule has 0 amide bonds. The van der Waals surface area contributed by atoms with E-state index in [1.807, 2.05) is 6.92 Å². The second kappa shape index (κ2) is 4.86. The third kappa shape index (κ3) is 2.65. The third-order valence-corrected chi connectivity index (χ3v) is 3.46. The van der Waals surface area contributed by atoms with Crippen molar-refractivity contribution in [3.05, 3.63) is 29.6 Å². The molecule has 1 unspecified atom stereocenters. The Morgan fingerprint density at radius 2 is 2.24 bits per heavy atom. The zero-order valence-corrected chi connectivity index (χ0v) is 10.2. The molecule has 1 aromatic carbocycles. The molecule has 1 saturated carbocycles. The van der Waals surface area contributed by atoms with E-state index in [1.165, 1.54) is 7.11 Å². The molecular weight excluding hydrogens is 219 g/mol. The number of carbonyl (C=O) groups is 1. The van der Waals surface area contributed by atoms with Crippen molar-refractivity contribution in [3.8, 4) is 5.75 Å². The third-order valence-electron chi connectivity index (χ3n) is 3.46. The summed E-state index contributed by atoms with van der Waals surface area (Å²) < 4.78 is 18.7. The molecule has 1 aliphatic rings. The number of carbonyl (C=O) groups excluding carboxylic acids is 1. The number of ketones is 1. The normalized spacial score (nSPS) is 16.6. The first-order chi connectivity index (χ1) is 8.13. The summed E-state index contributed by atoms with van der Waals surface area (Å²) in [6.45, 7) is 1.94. The first-order valence-corrected chi connectivity index (χ1v) is 5.97. The van der Waals surface area contributed by atoms with Gasteiger partial charge < -0.3 is 4.74 Å². The minimum atomic E-state index is -0.411. The van der Waals surface area contributed by atoms with Gasteiger partial charge >= 0.3 is 0 Å². The van der Waals surface area contributed by atoms with Crippen LogP contribution in [-0.2, 0) is 11.2 Å². The van der Waals surface area contributed by atoms with Crippen LogP contribution in [0.1, 0.15) is 25.3 Å². The molecule has 0 spiro atoms. The summed E-state index contributed by atoms with van der Waals surface area (Å²) in [7, 11) is 1.43. The predicted molar refractivity (Wildman–Crippen MR) is 63.6 cm³/mol. The van der Waals surface area contributed by atoms with Crippen molar-refractivity contribution < 1.29 is 13.9 Å². The summed E-state index contributed by atoms with van der Waals surface area (Å²) in [4.78, 5) is 11.9. The molecule has 1 fully saturated rings. The van der Waals surface area contributed by atoms with Crippen molar-refractivity contribution in [1.29, 1.82) is 0 Å². The highest BCUT2D eigenvalue weighted by atomic mass is 19.1. The van der Waals surface area contributed by atoms with Gasteiger partial charge in [0.15, 0.2) is 11.6 Å². The van der Waals surface area contributed by atoms with E-state index in [1.54, 1.807) is 18.2 Å². The van der Waals surface area contributed by atoms with E-state index in [4.69, 9.17) is 4.74 Å². The average Bonchev–Trinajstić information content (AvgIpc) is 3.15. The molecule has 3 heteroatoms. The van der Waals surface area contributed by atoms with Gasteiger partial charge in [-0.1, -0.05) is 19.1 Å². The van der Waals surface area contributed by atoms with Crippen LogP contribution in [0.3, 0.4) is 0 Å². The van der Waals surface area contributed by atoms with E-state index in [0.29, 0.717) is 11.5 Å². The lowest BCUT2D eigenvalue weighted by Gasteiger charge is -2.10. The maximum atomic E-state index is 13.8. The minimum Gasteiger partial charge on any atom is -0.494 e. The van der Waals surface area contributed by atoms with E-state index in [-0.39, 0.29) is 23.9 Å². The van der Waals surface area contributed by atoms with Gasteiger partial charge in [-0.3, -0.25) is 4.79 Å². The lowest BCUT2D eigenvalue weighted by Crippen LogP contribution is -2.16. The van der Waals surface area contributed by atoms with Crippen LogP contribution in [-0.4, -0.2) is 12.9 Å². The summed E-state index contributed by atoms with van der Waals surface area (Å²) in [5, 5.41) is 0. The van der Waals surface area contributed by atoms with Gasteiger partial charge in [-0.15, -0.1) is 0 Å². The minimum absolute atomic E-state index is 0.0561. The Bertz CT molecular complexity index is 424. The summed E-state index contributed by atoms with van der Waals surface area (Å²) in [6, 6.07) is 4.93. The Morgan fingerprint density at radius 1 is 1.53 bits per heavy atom. The topological polar surface area (TPSA) is 26.3 Å².